The van der Waals surface area contributed by atoms with Gasteiger partial charge in [0.25, 0.3) is 0 Å². The number of amides is 1. The normalized spacial score (nSPS) is 16.3. The standard InChI is InChI=1S/C14H21NO7/c1-3-21-10(16)7-9(14(20)22-4-2)11(13(18)19)15-12(17)8-5-6-8/h8-9,11H,3-7H2,1-2H3,(H,15,17)(H,18,19)/t9-,11-/m0/s1. The number of carbonyl (C=O) groups excluding carboxylic acids is 3. The van der Waals surface area contributed by atoms with Crippen LogP contribution in [0.2, 0.25) is 0 Å². The van der Waals surface area contributed by atoms with Crippen molar-refractivity contribution in [1.82, 2.24) is 5.32 Å². The number of rotatable bonds is 9. The van der Waals surface area contributed by atoms with Crippen LogP contribution in [0.15, 0.2) is 0 Å². The largest absolute Gasteiger partial charge is 0.480 e. The highest BCUT2D eigenvalue weighted by Crippen LogP contribution is 2.29. The fourth-order valence-corrected chi connectivity index (χ4v) is 1.94. The highest BCUT2D eigenvalue weighted by Gasteiger charge is 2.40. The van der Waals surface area contributed by atoms with Crippen molar-refractivity contribution in [2.45, 2.75) is 39.2 Å². The first-order valence-corrected chi connectivity index (χ1v) is 7.26. The summed E-state index contributed by atoms with van der Waals surface area (Å²) in [6.45, 7) is 3.32. The summed E-state index contributed by atoms with van der Waals surface area (Å²) in [6.07, 6.45) is 0.925. The van der Waals surface area contributed by atoms with Crippen molar-refractivity contribution in [2.75, 3.05) is 13.2 Å². The lowest BCUT2D eigenvalue weighted by atomic mass is 9.95. The molecule has 1 fully saturated rings. The van der Waals surface area contributed by atoms with E-state index in [0.29, 0.717) is 12.8 Å². The number of carbonyl (C=O) groups is 4. The van der Waals surface area contributed by atoms with Crippen molar-refractivity contribution in [3.8, 4) is 0 Å². The van der Waals surface area contributed by atoms with E-state index in [1.54, 1.807) is 13.8 Å². The lowest BCUT2D eigenvalue weighted by molar-refractivity contribution is -0.160. The second-order valence-corrected chi connectivity index (χ2v) is 4.97. The number of carboxylic acid groups (broad SMARTS) is 1. The third-order valence-corrected chi connectivity index (χ3v) is 3.20. The van der Waals surface area contributed by atoms with E-state index in [-0.39, 0.29) is 19.1 Å². The lowest BCUT2D eigenvalue weighted by Gasteiger charge is -2.22. The Morgan fingerprint density at radius 1 is 1.14 bits per heavy atom. The smallest absolute Gasteiger partial charge is 0.327 e. The average molecular weight is 315 g/mol. The lowest BCUT2D eigenvalue weighted by Crippen LogP contribution is -2.50. The van der Waals surface area contributed by atoms with Gasteiger partial charge in [-0.3, -0.25) is 14.4 Å². The molecule has 8 heteroatoms. The van der Waals surface area contributed by atoms with Crippen LogP contribution in [-0.4, -0.2) is 48.2 Å². The van der Waals surface area contributed by atoms with Crippen LogP contribution in [0.1, 0.15) is 33.1 Å². The molecule has 8 nitrogen and oxygen atoms in total. The molecule has 0 radical (unpaired) electrons. The molecule has 0 heterocycles. The molecule has 0 unspecified atom stereocenters. The van der Waals surface area contributed by atoms with Crippen LogP contribution in [0.5, 0.6) is 0 Å². The van der Waals surface area contributed by atoms with Crippen LogP contribution in [0.4, 0.5) is 0 Å². The number of ether oxygens (including phenoxy) is 2. The van der Waals surface area contributed by atoms with Crippen LogP contribution in [0.3, 0.4) is 0 Å². The van der Waals surface area contributed by atoms with Crippen LogP contribution >= 0.6 is 0 Å². The van der Waals surface area contributed by atoms with Crippen LogP contribution in [0, 0.1) is 11.8 Å². The molecule has 0 aliphatic heterocycles. The number of aliphatic carboxylic acids is 1. The summed E-state index contributed by atoms with van der Waals surface area (Å²) in [5, 5.41) is 11.6. The maximum Gasteiger partial charge on any atom is 0.327 e. The summed E-state index contributed by atoms with van der Waals surface area (Å²) >= 11 is 0. The van der Waals surface area contributed by atoms with Crippen LogP contribution in [0.25, 0.3) is 0 Å². The van der Waals surface area contributed by atoms with E-state index in [2.05, 4.69) is 5.32 Å². The van der Waals surface area contributed by atoms with Gasteiger partial charge in [0.05, 0.1) is 25.6 Å². The van der Waals surface area contributed by atoms with Gasteiger partial charge in [-0.2, -0.15) is 0 Å². The van der Waals surface area contributed by atoms with E-state index in [0.717, 1.165) is 0 Å². The molecule has 0 spiro atoms. The fraction of sp³-hybridized carbons (Fsp3) is 0.714. The Morgan fingerprint density at radius 3 is 2.18 bits per heavy atom. The van der Waals surface area contributed by atoms with Crippen LogP contribution in [-0.2, 0) is 28.7 Å². The molecule has 22 heavy (non-hydrogen) atoms. The molecule has 2 N–H and O–H groups in total. The molecule has 0 aromatic rings. The molecule has 0 saturated heterocycles. The van der Waals surface area contributed by atoms with Crippen molar-refractivity contribution < 1.29 is 33.8 Å². The van der Waals surface area contributed by atoms with Gasteiger partial charge in [-0.1, -0.05) is 0 Å². The Bertz CT molecular complexity index is 444. The number of esters is 2. The zero-order valence-electron chi connectivity index (χ0n) is 12.7. The van der Waals surface area contributed by atoms with E-state index in [4.69, 9.17) is 9.47 Å². The van der Waals surface area contributed by atoms with Gasteiger partial charge in [0, 0.05) is 5.92 Å². The molecule has 1 amide bonds. The van der Waals surface area contributed by atoms with E-state index in [1.165, 1.54) is 0 Å². The third kappa shape index (κ3) is 5.34. The predicted octanol–water partition coefficient (Wildman–Crippen LogP) is 0.0983. The van der Waals surface area contributed by atoms with E-state index < -0.39 is 42.2 Å². The summed E-state index contributed by atoms with van der Waals surface area (Å²) in [7, 11) is 0. The molecule has 1 aliphatic rings. The number of nitrogens with one attached hydrogen (secondary N) is 1. The first-order chi connectivity index (χ1) is 10.4. The minimum atomic E-state index is -1.52. The number of hydrogen-bond acceptors (Lipinski definition) is 6. The third-order valence-electron chi connectivity index (χ3n) is 3.20. The minimum Gasteiger partial charge on any atom is -0.480 e. The Kier molecular flexibility index (Phi) is 6.81. The van der Waals surface area contributed by atoms with Crippen LogP contribution < -0.4 is 5.32 Å². The highest BCUT2D eigenvalue weighted by molar-refractivity contribution is 5.91. The molecular formula is C14H21NO7. The van der Waals surface area contributed by atoms with Crippen molar-refractivity contribution in [2.24, 2.45) is 11.8 Å². The SMILES string of the molecule is CCOC(=O)C[C@H](C(=O)OCC)[C@H](NC(=O)C1CC1)C(=O)O. The van der Waals surface area contributed by atoms with Gasteiger partial charge in [0.15, 0.2) is 0 Å². The molecule has 0 aromatic carbocycles. The van der Waals surface area contributed by atoms with Gasteiger partial charge < -0.3 is 19.9 Å². The number of hydrogen-bond donors (Lipinski definition) is 2. The molecule has 0 bridgehead atoms. The van der Waals surface area contributed by atoms with Gasteiger partial charge in [-0.25, -0.2) is 4.79 Å². The van der Waals surface area contributed by atoms with Gasteiger partial charge in [-0.15, -0.1) is 0 Å². The maximum atomic E-state index is 12.0. The van der Waals surface area contributed by atoms with E-state index >= 15 is 0 Å². The minimum absolute atomic E-state index is 0.0427. The summed E-state index contributed by atoms with van der Waals surface area (Å²) in [5.74, 6) is -4.92. The summed E-state index contributed by atoms with van der Waals surface area (Å²) in [4.78, 5) is 46.7. The zero-order chi connectivity index (χ0) is 16.7. The van der Waals surface area contributed by atoms with Crippen molar-refractivity contribution in [3.05, 3.63) is 0 Å². The molecule has 1 saturated carbocycles. The topological polar surface area (TPSA) is 119 Å². The van der Waals surface area contributed by atoms with Crippen molar-refractivity contribution in [3.63, 3.8) is 0 Å². The first kappa shape index (κ1) is 17.9. The van der Waals surface area contributed by atoms with E-state index in [9.17, 15) is 24.3 Å². The molecule has 1 aliphatic carbocycles. The molecule has 124 valence electrons. The summed E-state index contributed by atoms with van der Waals surface area (Å²) in [6, 6.07) is -1.52. The molecular weight excluding hydrogens is 294 g/mol. The Balaban J connectivity index is 2.85. The van der Waals surface area contributed by atoms with Gasteiger partial charge >= 0.3 is 17.9 Å². The van der Waals surface area contributed by atoms with Gasteiger partial charge in [-0.05, 0) is 26.7 Å². The van der Waals surface area contributed by atoms with Crippen molar-refractivity contribution >= 4 is 23.8 Å². The van der Waals surface area contributed by atoms with Crippen molar-refractivity contribution in [1.29, 1.82) is 0 Å². The molecule has 1 rings (SSSR count). The first-order valence-electron chi connectivity index (χ1n) is 7.26. The second kappa shape index (κ2) is 8.35. The predicted molar refractivity (Wildman–Crippen MR) is 73.7 cm³/mol. The summed E-state index contributed by atoms with van der Waals surface area (Å²) in [5.41, 5.74) is 0. The van der Waals surface area contributed by atoms with Gasteiger partial charge in [0.2, 0.25) is 5.91 Å². The average Bonchev–Trinajstić information content (AvgIpc) is 3.27. The fourth-order valence-electron chi connectivity index (χ4n) is 1.94. The number of carboxylic acids is 1. The van der Waals surface area contributed by atoms with E-state index in [1.807, 2.05) is 0 Å². The zero-order valence-corrected chi connectivity index (χ0v) is 12.7. The molecule has 2 atom stereocenters. The molecule has 0 aromatic heterocycles. The maximum absolute atomic E-state index is 12.0. The second-order valence-electron chi connectivity index (χ2n) is 4.97. The highest BCUT2D eigenvalue weighted by atomic mass is 16.5. The quantitative estimate of drug-likeness (QED) is 0.579. The Morgan fingerprint density at radius 2 is 1.73 bits per heavy atom. The summed E-state index contributed by atoms with van der Waals surface area (Å²) < 4.78 is 9.55. The van der Waals surface area contributed by atoms with Gasteiger partial charge in [0.1, 0.15) is 6.04 Å². The Labute approximate surface area is 128 Å². The monoisotopic (exact) mass is 315 g/mol. The Hall–Kier alpha value is -2.12.